The lowest BCUT2D eigenvalue weighted by atomic mass is 9.74. The van der Waals surface area contributed by atoms with Crippen molar-refractivity contribution in [2.75, 3.05) is 6.61 Å². The summed E-state index contributed by atoms with van der Waals surface area (Å²) in [4.78, 5) is 0. The van der Waals surface area contributed by atoms with Gasteiger partial charge in [-0.1, -0.05) is 13.0 Å². The van der Waals surface area contributed by atoms with Crippen LogP contribution < -0.4 is 0 Å². The highest BCUT2D eigenvalue weighted by atomic mass is 16.5. The molecule has 0 aromatic rings. The van der Waals surface area contributed by atoms with Crippen LogP contribution in [0.15, 0.2) is 12.8 Å². The summed E-state index contributed by atoms with van der Waals surface area (Å²) in [6, 6.07) is 0. The Balaban J connectivity index is 1.50. The first-order chi connectivity index (χ1) is 7.90. The quantitative estimate of drug-likeness (QED) is 0.502. The molecule has 0 spiro atoms. The number of hydrogen-bond acceptors (Lipinski definition) is 1. The second-order valence-corrected chi connectivity index (χ2v) is 6.09. The summed E-state index contributed by atoms with van der Waals surface area (Å²) in [5.74, 6) is 5.52. The van der Waals surface area contributed by atoms with E-state index in [1.54, 1.807) is 31.9 Å². The number of rotatable bonds is 5. The second-order valence-electron chi connectivity index (χ2n) is 6.09. The largest absolute Gasteiger partial charge is 0.502 e. The first-order valence-electron chi connectivity index (χ1n) is 7.12. The van der Waals surface area contributed by atoms with Gasteiger partial charge < -0.3 is 4.74 Å². The Morgan fingerprint density at radius 2 is 2.00 bits per heavy atom. The normalized spacial score (nSPS) is 44.6. The Bertz CT molecular complexity index is 260. The van der Waals surface area contributed by atoms with Gasteiger partial charge in [-0.05, 0) is 68.1 Å². The second kappa shape index (κ2) is 4.43. The minimum Gasteiger partial charge on any atom is -0.502 e. The van der Waals surface area contributed by atoms with E-state index in [9.17, 15) is 0 Å². The van der Waals surface area contributed by atoms with Crippen LogP contribution >= 0.6 is 0 Å². The van der Waals surface area contributed by atoms with Crippen LogP contribution in [0.5, 0.6) is 0 Å². The molecule has 1 heteroatoms. The Labute approximate surface area is 99.3 Å². The van der Waals surface area contributed by atoms with Crippen molar-refractivity contribution in [1.29, 1.82) is 0 Å². The summed E-state index contributed by atoms with van der Waals surface area (Å²) < 4.78 is 5.22. The fourth-order valence-electron chi connectivity index (χ4n) is 5.05. The molecular formula is C15H24O. The predicted molar refractivity (Wildman–Crippen MR) is 65.9 cm³/mol. The molecule has 5 atom stereocenters. The number of hydrogen-bond donors (Lipinski definition) is 0. The smallest absolute Gasteiger partial charge is 0.0873 e. The van der Waals surface area contributed by atoms with Crippen LogP contribution in [0.2, 0.25) is 0 Å². The van der Waals surface area contributed by atoms with Crippen LogP contribution in [0.3, 0.4) is 0 Å². The Kier molecular flexibility index (Phi) is 2.95. The van der Waals surface area contributed by atoms with Crippen LogP contribution in [-0.4, -0.2) is 6.61 Å². The molecule has 0 radical (unpaired) electrons. The lowest BCUT2D eigenvalue weighted by Crippen LogP contribution is -2.24. The first kappa shape index (κ1) is 10.7. The molecule has 3 saturated carbocycles. The molecule has 16 heavy (non-hydrogen) atoms. The Morgan fingerprint density at radius 1 is 1.12 bits per heavy atom. The summed E-state index contributed by atoms with van der Waals surface area (Å²) in [5.41, 5.74) is 0. The van der Waals surface area contributed by atoms with Gasteiger partial charge in [-0.15, -0.1) is 0 Å². The molecule has 3 fully saturated rings. The zero-order valence-electron chi connectivity index (χ0n) is 10.2. The van der Waals surface area contributed by atoms with E-state index in [1.165, 1.54) is 19.3 Å². The van der Waals surface area contributed by atoms with E-state index < -0.39 is 0 Å². The summed E-state index contributed by atoms with van der Waals surface area (Å²) >= 11 is 0. The Morgan fingerprint density at radius 3 is 2.88 bits per heavy atom. The third-order valence-corrected chi connectivity index (χ3v) is 5.52. The lowest BCUT2D eigenvalue weighted by molar-refractivity contribution is 0.164. The van der Waals surface area contributed by atoms with Gasteiger partial charge in [0.15, 0.2) is 0 Å². The third kappa shape index (κ3) is 1.69. The highest BCUT2D eigenvalue weighted by molar-refractivity contribution is 5.02. The zero-order chi connectivity index (χ0) is 11.0. The fourth-order valence-corrected chi connectivity index (χ4v) is 5.05. The van der Waals surface area contributed by atoms with Crippen molar-refractivity contribution in [3.05, 3.63) is 12.8 Å². The van der Waals surface area contributed by atoms with Crippen LogP contribution in [0, 0.1) is 29.6 Å². The standard InChI is InChI=1S/C15H24O/c1-2-16-8-4-5-11-9-12-10-15(11)14-7-3-6-13(12)14/h2,11-15H,1,3-10H2. The van der Waals surface area contributed by atoms with Crippen molar-refractivity contribution in [3.63, 3.8) is 0 Å². The van der Waals surface area contributed by atoms with Crippen LogP contribution in [0.4, 0.5) is 0 Å². The van der Waals surface area contributed by atoms with Crippen LogP contribution in [-0.2, 0) is 4.74 Å². The minimum absolute atomic E-state index is 0.880. The molecular weight excluding hydrogens is 196 g/mol. The summed E-state index contributed by atoms with van der Waals surface area (Å²) in [5, 5.41) is 0. The van der Waals surface area contributed by atoms with Crippen molar-refractivity contribution in [3.8, 4) is 0 Å². The molecule has 0 aromatic heterocycles. The molecule has 0 amide bonds. The van der Waals surface area contributed by atoms with Crippen molar-refractivity contribution < 1.29 is 4.74 Å². The molecule has 5 unspecified atom stereocenters. The summed E-state index contributed by atoms with van der Waals surface area (Å²) in [7, 11) is 0. The van der Waals surface area contributed by atoms with E-state index in [2.05, 4.69) is 6.58 Å². The summed E-state index contributed by atoms with van der Waals surface area (Å²) in [6.07, 6.45) is 11.9. The molecule has 0 aliphatic heterocycles. The molecule has 0 aromatic carbocycles. The number of fused-ring (bicyclic) bond motifs is 5. The van der Waals surface area contributed by atoms with E-state index >= 15 is 0 Å². The molecule has 2 bridgehead atoms. The van der Waals surface area contributed by atoms with Crippen molar-refractivity contribution in [2.24, 2.45) is 29.6 Å². The first-order valence-corrected chi connectivity index (χ1v) is 7.12. The van der Waals surface area contributed by atoms with Crippen molar-refractivity contribution in [2.45, 2.75) is 44.9 Å². The molecule has 0 N–H and O–H groups in total. The molecule has 90 valence electrons. The van der Waals surface area contributed by atoms with Crippen molar-refractivity contribution >= 4 is 0 Å². The average molecular weight is 220 g/mol. The molecule has 1 nitrogen and oxygen atoms in total. The van der Waals surface area contributed by atoms with Crippen LogP contribution in [0.25, 0.3) is 0 Å². The predicted octanol–water partition coefficient (Wildman–Crippen LogP) is 4.00. The highest BCUT2D eigenvalue weighted by Crippen LogP contribution is 2.61. The fraction of sp³-hybridized carbons (Fsp3) is 0.867. The minimum atomic E-state index is 0.880. The molecule has 0 heterocycles. The van der Waals surface area contributed by atoms with E-state index in [4.69, 9.17) is 4.74 Å². The van der Waals surface area contributed by atoms with Gasteiger partial charge in [-0.25, -0.2) is 0 Å². The van der Waals surface area contributed by atoms with Gasteiger partial charge in [0.1, 0.15) is 0 Å². The topological polar surface area (TPSA) is 9.23 Å². The highest BCUT2D eigenvalue weighted by Gasteiger charge is 2.53. The molecule has 0 saturated heterocycles. The van der Waals surface area contributed by atoms with Gasteiger partial charge in [-0.2, -0.15) is 0 Å². The van der Waals surface area contributed by atoms with E-state index in [-0.39, 0.29) is 0 Å². The maximum absolute atomic E-state index is 5.22. The molecule has 3 rings (SSSR count). The molecule has 3 aliphatic carbocycles. The summed E-state index contributed by atoms with van der Waals surface area (Å²) in [6.45, 7) is 4.47. The zero-order valence-corrected chi connectivity index (χ0v) is 10.2. The van der Waals surface area contributed by atoms with Crippen LogP contribution in [0.1, 0.15) is 44.9 Å². The van der Waals surface area contributed by atoms with E-state index in [0.717, 1.165) is 36.2 Å². The van der Waals surface area contributed by atoms with Gasteiger partial charge in [0.2, 0.25) is 0 Å². The maximum atomic E-state index is 5.22. The van der Waals surface area contributed by atoms with E-state index in [0.29, 0.717) is 0 Å². The van der Waals surface area contributed by atoms with Gasteiger partial charge >= 0.3 is 0 Å². The monoisotopic (exact) mass is 220 g/mol. The van der Waals surface area contributed by atoms with Gasteiger partial charge in [0, 0.05) is 0 Å². The van der Waals surface area contributed by atoms with Crippen molar-refractivity contribution in [1.82, 2.24) is 0 Å². The number of ether oxygens (including phenoxy) is 1. The van der Waals surface area contributed by atoms with Gasteiger partial charge in [0.05, 0.1) is 12.9 Å². The lowest BCUT2D eigenvalue weighted by Gasteiger charge is -2.31. The SMILES string of the molecule is C=COCCCC1CC2CC1C1CCCC21. The van der Waals surface area contributed by atoms with E-state index in [1.807, 2.05) is 0 Å². The molecule has 3 aliphatic rings. The Hall–Kier alpha value is -0.460. The third-order valence-electron chi connectivity index (χ3n) is 5.52. The van der Waals surface area contributed by atoms with Gasteiger partial charge in [-0.3, -0.25) is 0 Å². The van der Waals surface area contributed by atoms with Gasteiger partial charge in [0.25, 0.3) is 0 Å². The maximum Gasteiger partial charge on any atom is 0.0873 e. The average Bonchev–Trinajstić information content (AvgIpc) is 2.95.